The van der Waals surface area contributed by atoms with Crippen LogP contribution >= 0.6 is 27.5 Å². The van der Waals surface area contributed by atoms with Crippen molar-refractivity contribution in [3.8, 4) is 5.75 Å². The van der Waals surface area contributed by atoms with Gasteiger partial charge >= 0.3 is 0 Å². The van der Waals surface area contributed by atoms with Crippen molar-refractivity contribution < 1.29 is 14.3 Å². The van der Waals surface area contributed by atoms with Crippen LogP contribution < -0.4 is 10.1 Å². The molecule has 0 saturated heterocycles. The molecule has 0 spiro atoms. The first-order valence-corrected chi connectivity index (χ1v) is 11.7. The lowest BCUT2D eigenvalue weighted by Crippen LogP contribution is -2.51. The average Bonchev–Trinajstić information content (AvgIpc) is 2.74. The number of benzene rings is 2. The van der Waals surface area contributed by atoms with E-state index in [2.05, 4.69) is 21.2 Å². The molecule has 1 atom stereocenters. The number of halogens is 2. The van der Waals surface area contributed by atoms with E-state index >= 15 is 0 Å². The Morgan fingerprint density at radius 3 is 2.48 bits per heavy atom. The summed E-state index contributed by atoms with van der Waals surface area (Å²) in [7, 11) is 0. The van der Waals surface area contributed by atoms with E-state index in [9.17, 15) is 9.59 Å². The van der Waals surface area contributed by atoms with Crippen LogP contribution in [-0.4, -0.2) is 42.5 Å². The van der Waals surface area contributed by atoms with E-state index in [1.54, 1.807) is 23.1 Å². The predicted molar refractivity (Wildman–Crippen MR) is 128 cm³/mol. The van der Waals surface area contributed by atoms with E-state index < -0.39 is 6.04 Å². The van der Waals surface area contributed by atoms with Crippen molar-refractivity contribution in [3.05, 3.63) is 63.6 Å². The third kappa shape index (κ3) is 8.19. The number of hydrogen-bond acceptors (Lipinski definition) is 3. The zero-order valence-electron chi connectivity index (χ0n) is 18.2. The molecule has 0 aliphatic heterocycles. The SMILES string of the molecule is CC[C@@H](C(=O)NCC(C)C)N(CCc1ccccc1)C(=O)COc1ccc(Cl)cc1Br. The highest BCUT2D eigenvalue weighted by molar-refractivity contribution is 9.10. The first-order chi connectivity index (χ1) is 14.8. The molecule has 0 radical (unpaired) electrons. The van der Waals surface area contributed by atoms with Crippen LogP contribution in [0.2, 0.25) is 5.02 Å². The van der Waals surface area contributed by atoms with Gasteiger partial charge in [0.25, 0.3) is 5.91 Å². The van der Waals surface area contributed by atoms with Gasteiger partial charge in [-0.2, -0.15) is 0 Å². The molecular formula is C24H30BrClN2O3. The Balaban J connectivity index is 2.13. The first-order valence-electron chi connectivity index (χ1n) is 10.5. The molecule has 168 valence electrons. The molecule has 7 heteroatoms. The largest absolute Gasteiger partial charge is 0.483 e. The Bertz CT molecular complexity index is 861. The molecule has 0 aliphatic rings. The van der Waals surface area contributed by atoms with Gasteiger partial charge in [-0.25, -0.2) is 0 Å². The molecule has 5 nitrogen and oxygen atoms in total. The molecule has 2 rings (SSSR count). The first kappa shape index (κ1) is 25.2. The summed E-state index contributed by atoms with van der Waals surface area (Å²) < 4.78 is 6.40. The molecule has 1 N–H and O–H groups in total. The third-order valence-electron chi connectivity index (χ3n) is 4.80. The van der Waals surface area contributed by atoms with Crippen LogP contribution in [-0.2, 0) is 16.0 Å². The summed E-state index contributed by atoms with van der Waals surface area (Å²) in [5.74, 6) is 0.494. The van der Waals surface area contributed by atoms with Gasteiger partial charge in [-0.1, -0.05) is 62.7 Å². The van der Waals surface area contributed by atoms with Crippen LogP contribution in [0.5, 0.6) is 5.75 Å². The number of ether oxygens (including phenoxy) is 1. The van der Waals surface area contributed by atoms with Crippen LogP contribution in [0.25, 0.3) is 0 Å². The molecule has 0 saturated carbocycles. The van der Waals surface area contributed by atoms with Crippen molar-refractivity contribution in [1.82, 2.24) is 10.2 Å². The standard InChI is InChI=1S/C24H30BrClN2O3/c1-4-21(24(30)27-15-17(2)3)28(13-12-18-8-6-5-7-9-18)23(29)16-31-22-11-10-19(26)14-20(22)25/h5-11,14,17,21H,4,12-13,15-16H2,1-3H3,(H,27,30)/t21-/m0/s1. The topological polar surface area (TPSA) is 58.6 Å². The van der Waals surface area contributed by atoms with Gasteiger partial charge in [0.05, 0.1) is 4.47 Å². The van der Waals surface area contributed by atoms with Gasteiger partial charge in [-0.05, 0) is 58.5 Å². The fourth-order valence-electron chi connectivity index (χ4n) is 3.13. The Morgan fingerprint density at radius 1 is 1.16 bits per heavy atom. The highest BCUT2D eigenvalue weighted by atomic mass is 79.9. The minimum absolute atomic E-state index is 0.134. The molecule has 2 aromatic carbocycles. The number of hydrogen-bond donors (Lipinski definition) is 1. The van der Waals surface area contributed by atoms with Gasteiger partial charge in [0.2, 0.25) is 5.91 Å². The summed E-state index contributed by atoms with van der Waals surface area (Å²) in [4.78, 5) is 27.6. The second-order valence-corrected chi connectivity index (χ2v) is 9.04. The van der Waals surface area contributed by atoms with Crippen LogP contribution in [0.3, 0.4) is 0 Å². The van der Waals surface area contributed by atoms with E-state index in [4.69, 9.17) is 16.3 Å². The highest BCUT2D eigenvalue weighted by Crippen LogP contribution is 2.28. The molecule has 0 aromatic heterocycles. The maximum absolute atomic E-state index is 13.1. The van der Waals surface area contributed by atoms with Crippen molar-refractivity contribution in [2.45, 2.75) is 39.7 Å². The summed E-state index contributed by atoms with van der Waals surface area (Å²) in [6, 6.07) is 14.5. The van der Waals surface area contributed by atoms with Crippen LogP contribution in [0, 0.1) is 5.92 Å². The van der Waals surface area contributed by atoms with E-state index in [1.807, 2.05) is 51.1 Å². The molecule has 2 amide bonds. The number of carbonyl (C=O) groups excluding carboxylic acids is 2. The monoisotopic (exact) mass is 508 g/mol. The van der Waals surface area contributed by atoms with Crippen LogP contribution in [0.15, 0.2) is 53.0 Å². The lowest BCUT2D eigenvalue weighted by Gasteiger charge is -2.30. The van der Waals surface area contributed by atoms with Gasteiger partial charge < -0.3 is 15.0 Å². The highest BCUT2D eigenvalue weighted by Gasteiger charge is 2.28. The fourth-order valence-corrected chi connectivity index (χ4v) is 3.93. The Hall–Kier alpha value is -2.05. The lowest BCUT2D eigenvalue weighted by molar-refractivity contribution is -0.142. The van der Waals surface area contributed by atoms with Gasteiger partial charge in [0.1, 0.15) is 11.8 Å². The normalized spacial score (nSPS) is 11.8. The number of amides is 2. The Labute approximate surface area is 198 Å². The average molecular weight is 510 g/mol. The molecule has 0 fully saturated rings. The molecule has 0 bridgehead atoms. The quantitative estimate of drug-likeness (QED) is 0.458. The second kappa shape index (κ2) is 12.7. The van der Waals surface area contributed by atoms with Crippen molar-refractivity contribution in [2.75, 3.05) is 19.7 Å². The number of nitrogens with one attached hydrogen (secondary N) is 1. The molecule has 0 unspecified atom stereocenters. The molecule has 0 heterocycles. The summed E-state index contributed by atoms with van der Waals surface area (Å²) in [5, 5.41) is 3.53. The Morgan fingerprint density at radius 2 is 1.87 bits per heavy atom. The molecular weight excluding hydrogens is 480 g/mol. The molecule has 0 aliphatic carbocycles. The van der Waals surface area contributed by atoms with Gasteiger partial charge in [-0.3, -0.25) is 9.59 Å². The zero-order chi connectivity index (χ0) is 22.8. The van der Waals surface area contributed by atoms with Crippen molar-refractivity contribution in [1.29, 1.82) is 0 Å². The Kier molecular flexibility index (Phi) is 10.3. The fraction of sp³-hybridized carbons (Fsp3) is 0.417. The van der Waals surface area contributed by atoms with Gasteiger partial charge in [-0.15, -0.1) is 0 Å². The summed E-state index contributed by atoms with van der Waals surface area (Å²) in [6.07, 6.45) is 1.18. The maximum atomic E-state index is 13.1. The molecule has 2 aromatic rings. The number of rotatable bonds is 11. The van der Waals surface area contributed by atoms with E-state index in [0.717, 1.165) is 5.56 Å². The van der Waals surface area contributed by atoms with Gasteiger partial charge in [0.15, 0.2) is 6.61 Å². The maximum Gasteiger partial charge on any atom is 0.261 e. The smallest absolute Gasteiger partial charge is 0.261 e. The van der Waals surface area contributed by atoms with Crippen molar-refractivity contribution >= 4 is 39.3 Å². The molecule has 31 heavy (non-hydrogen) atoms. The zero-order valence-corrected chi connectivity index (χ0v) is 20.6. The second-order valence-electron chi connectivity index (χ2n) is 7.75. The van der Waals surface area contributed by atoms with E-state index in [1.165, 1.54) is 0 Å². The predicted octanol–water partition coefficient (Wildman–Crippen LogP) is 5.10. The van der Waals surface area contributed by atoms with Crippen molar-refractivity contribution in [3.63, 3.8) is 0 Å². The summed E-state index contributed by atoms with van der Waals surface area (Å²) in [5.41, 5.74) is 1.11. The van der Waals surface area contributed by atoms with Crippen LogP contribution in [0.1, 0.15) is 32.8 Å². The summed E-state index contributed by atoms with van der Waals surface area (Å²) >= 11 is 9.37. The van der Waals surface area contributed by atoms with E-state index in [0.29, 0.717) is 47.1 Å². The number of nitrogens with zero attached hydrogens (tertiary/aromatic N) is 1. The van der Waals surface area contributed by atoms with Crippen LogP contribution in [0.4, 0.5) is 0 Å². The lowest BCUT2D eigenvalue weighted by atomic mass is 10.1. The third-order valence-corrected chi connectivity index (χ3v) is 5.65. The van der Waals surface area contributed by atoms with Crippen molar-refractivity contribution in [2.24, 2.45) is 5.92 Å². The van der Waals surface area contributed by atoms with Gasteiger partial charge in [0, 0.05) is 18.1 Å². The minimum Gasteiger partial charge on any atom is -0.483 e. The number of carbonyl (C=O) groups is 2. The van der Waals surface area contributed by atoms with E-state index in [-0.39, 0.29) is 18.4 Å². The summed E-state index contributed by atoms with van der Waals surface area (Å²) in [6.45, 7) is 6.84. The minimum atomic E-state index is -0.549.